The van der Waals surface area contributed by atoms with Crippen molar-refractivity contribution in [1.29, 1.82) is 0 Å². The summed E-state index contributed by atoms with van der Waals surface area (Å²) in [7, 11) is 0. The van der Waals surface area contributed by atoms with Crippen LogP contribution >= 0.6 is 34.5 Å². The molecule has 4 N–H and O–H groups in total. The van der Waals surface area contributed by atoms with Crippen LogP contribution in [0.1, 0.15) is 23.3 Å². The van der Waals surface area contributed by atoms with Crippen LogP contribution in [0.3, 0.4) is 0 Å². The molecule has 10 heteroatoms. The number of morpholine rings is 1. The van der Waals surface area contributed by atoms with Gasteiger partial charge in [-0.3, -0.25) is 0 Å². The molecule has 32 heavy (non-hydrogen) atoms. The number of halogens is 2. The van der Waals surface area contributed by atoms with E-state index >= 15 is 0 Å². The SMILES string of the molecule is C=c1[nH]cc(Cc2sc(NCC3=CCCC(N4CCOCC4)=N3)nc2Cl)/c1=C/C(Cl)=C\N. The van der Waals surface area contributed by atoms with E-state index in [0.29, 0.717) is 23.2 Å². The van der Waals surface area contributed by atoms with Gasteiger partial charge in [-0.1, -0.05) is 35.9 Å². The smallest absolute Gasteiger partial charge is 0.184 e. The van der Waals surface area contributed by atoms with Gasteiger partial charge in [-0.2, -0.15) is 0 Å². The zero-order chi connectivity index (χ0) is 22.5. The Morgan fingerprint density at radius 2 is 2.22 bits per heavy atom. The minimum Gasteiger partial charge on any atom is -0.403 e. The summed E-state index contributed by atoms with van der Waals surface area (Å²) in [6.07, 6.45) is 9.83. The lowest BCUT2D eigenvalue weighted by Crippen LogP contribution is -2.41. The maximum Gasteiger partial charge on any atom is 0.184 e. The Hall–Kier alpha value is -2.26. The number of aliphatic imine (C=N–C) groups is 1. The Balaban J connectivity index is 1.43. The lowest BCUT2D eigenvalue weighted by Gasteiger charge is -2.31. The lowest BCUT2D eigenvalue weighted by molar-refractivity contribution is 0.0671. The number of allylic oxidation sites excluding steroid dienone is 2. The number of H-pyrrole nitrogens is 1. The molecule has 2 aliphatic heterocycles. The molecule has 2 aromatic heterocycles. The summed E-state index contributed by atoms with van der Waals surface area (Å²) in [5.41, 5.74) is 7.55. The summed E-state index contributed by atoms with van der Waals surface area (Å²) >= 11 is 14.1. The molecule has 4 rings (SSSR count). The predicted molar refractivity (Wildman–Crippen MR) is 134 cm³/mol. The zero-order valence-corrected chi connectivity index (χ0v) is 20.0. The summed E-state index contributed by atoms with van der Waals surface area (Å²) in [6, 6.07) is 0. The van der Waals surface area contributed by atoms with Gasteiger partial charge in [0.2, 0.25) is 0 Å². The van der Waals surface area contributed by atoms with Crippen LogP contribution in [0.4, 0.5) is 5.13 Å². The number of nitrogens with two attached hydrogens (primary N) is 1. The standard InChI is InChI=1S/C22H26Cl2N6OS/c1-14-18(10-16(23)11-25)15(12-26-14)9-19-21(24)29-22(32-19)27-13-17-3-2-4-20(28-17)30-5-7-31-8-6-30/h3,10-12,26H,1-2,4-9,13,25H2,(H,27,29)/b16-11+,18-10+. The van der Waals surface area contributed by atoms with Crippen molar-refractivity contribution in [1.82, 2.24) is 14.9 Å². The molecule has 0 radical (unpaired) electrons. The quantitative estimate of drug-likeness (QED) is 0.576. The van der Waals surface area contributed by atoms with Crippen LogP contribution in [0.15, 0.2) is 34.2 Å². The fraction of sp³-hybridized carbons (Fsp3) is 0.364. The number of aromatic nitrogens is 2. The van der Waals surface area contributed by atoms with E-state index < -0.39 is 0 Å². The second kappa shape index (κ2) is 10.6. The Labute approximate surface area is 201 Å². The summed E-state index contributed by atoms with van der Waals surface area (Å²) in [5, 5.41) is 6.78. The molecule has 1 saturated heterocycles. The van der Waals surface area contributed by atoms with Crippen molar-refractivity contribution in [2.45, 2.75) is 19.3 Å². The number of aromatic amines is 1. The normalized spacial score (nSPS) is 18.0. The van der Waals surface area contributed by atoms with E-state index in [-0.39, 0.29) is 0 Å². The van der Waals surface area contributed by atoms with Crippen LogP contribution in [0.2, 0.25) is 5.15 Å². The van der Waals surface area contributed by atoms with Gasteiger partial charge in [0.15, 0.2) is 5.13 Å². The van der Waals surface area contributed by atoms with Crippen molar-refractivity contribution in [3.63, 3.8) is 0 Å². The maximum absolute atomic E-state index is 6.44. The van der Waals surface area contributed by atoms with Crippen LogP contribution in [-0.2, 0) is 11.2 Å². The second-order valence-electron chi connectivity index (χ2n) is 7.53. The van der Waals surface area contributed by atoms with Gasteiger partial charge in [0, 0.05) is 48.9 Å². The molecule has 0 aromatic carbocycles. The molecule has 0 unspecified atom stereocenters. The van der Waals surface area contributed by atoms with Gasteiger partial charge in [0.05, 0.1) is 35.4 Å². The summed E-state index contributed by atoms with van der Waals surface area (Å²) in [5.74, 6) is 1.15. The van der Waals surface area contributed by atoms with Crippen LogP contribution in [-0.4, -0.2) is 53.6 Å². The predicted octanol–water partition coefficient (Wildman–Crippen LogP) is 2.77. The maximum atomic E-state index is 6.44. The molecular formula is C22H26Cl2N6OS. The van der Waals surface area contributed by atoms with Crippen LogP contribution in [0, 0.1) is 0 Å². The van der Waals surface area contributed by atoms with E-state index in [1.54, 1.807) is 6.08 Å². The Bertz CT molecular complexity index is 1160. The fourth-order valence-corrected chi connectivity index (χ4v) is 4.99. The highest BCUT2D eigenvalue weighted by Crippen LogP contribution is 2.29. The average molecular weight is 493 g/mol. The van der Waals surface area contributed by atoms with Gasteiger partial charge < -0.3 is 25.7 Å². The molecule has 0 atom stereocenters. The first-order valence-corrected chi connectivity index (χ1v) is 12.0. The number of nitrogens with zero attached hydrogens (tertiary/aromatic N) is 3. The van der Waals surface area contributed by atoms with Crippen LogP contribution in [0.25, 0.3) is 12.7 Å². The van der Waals surface area contributed by atoms with E-state index in [0.717, 1.165) is 76.8 Å². The van der Waals surface area contributed by atoms with E-state index in [1.165, 1.54) is 17.5 Å². The van der Waals surface area contributed by atoms with Crippen molar-refractivity contribution in [3.05, 3.63) is 55.4 Å². The first-order valence-electron chi connectivity index (χ1n) is 10.5. The van der Waals surface area contributed by atoms with Crippen molar-refractivity contribution in [3.8, 4) is 0 Å². The first-order chi connectivity index (χ1) is 15.5. The third-order valence-electron chi connectivity index (χ3n) is 5.35. The number of rotatable bonds is 6. The highest BCUT2D eigenvalue weighted by molar-refractivity contribution is 7.16. The van der Waals surface area contributed by atoms with Crippen molar-refractivity contribution >= 4 is 58.2 Å². The van der Waals surface area contributed by atoms with Gasteiger partial charge in [-0.15, -0.1) is 11.3 Å². The molecule has 0 saturated carbocycles. The second-order valence-corrected chi connectivity index (χ2v) is 9.41. The molecule has 170 valence electrons. The molecule has 2 aliphatic rings. The van der Waals surface area contributed by atoms with E-state index in [4.69, 9.17) is 38.7 Å². The summed E-state index contributed by atoms with van der Waals surface area (Å²) in [6.45, 7) is 7.98. The number of thiazole rings is 1. The van der Waals surface area contributed by atoms with Crippen LogP contribution in [0.5, 0.6) is 0 Å². The summed E-state index contributed by atoms with van der Waals surface area (Å²) < 4.78 is 5.45. The average Bonchev–Trinajstić information content (AvgIpc) is 3.35. The molecule has 2 aromatic rings. The number of ether oxygens (including phenoxy) is 1. The minimum atomic E-state index is 0.450. The van der Waals surface area contributed by atoms with Gasteiger partial charge in [0.25, 0.3) is 0 Å². The topological polar surface area (TPSA) is 91.6 Å². The molecule has 0 bridgehead atoms. The zero-order valence-electron chi connectivity index (χ0n) is 17.7. The monoisotopic (exact) mass is 492 g/mol. The van der Waals surface area contributed by atoms with E-state index in [2.05, 4.69) is 32.8 Å². The first kappa shape index (κ1) is 22.9. The van der Waals surface area contributed by atoms with Crippen molar-refractivity contribution in [2.24, 2.45) is 10.7 Å². The molecule has 0 aliphatic carbocycles. The highest BCUT2D eigenvalue weighted by atomic mass is 35.5. The fourth-order valence-electron chi connectivity index (χ4n) is 3.69. The van der Waals surface area contributed by atoms with E-state index in [1.807, 2.05) is 6.20 Å². The molecule has 7 nitrogen and oxygen atoms in total. The molecule has 0 spiro atoms. The van der Waals surface area contributed by atoms with Gasteiger partial charge >= 0.3 is 0 Å². The third kappa shape index (κ3) is 5.56. The minimum absolute atomic E-state index is 0.450. The van der Waals surface area contributed by atoms with Gasteiger partial charge in [-0.25, -0.2) is 9.98 Å². The Kier molecular flexibility index (Phi) is 7.57. The van der Waals surface area contributed by atoms with Crippen molar-refractivity contribution in [2.75, 3.05) is 38.2 Å². The van der Waals surface area contributed by atoms with E-state index in [9.17, 15) is 0 Å². The highest BCUT2D eigenvalue weighted by Gasteiger charge is 2.18. The largest absolute Gasteiger partial charge is 0.403 e. The van der Waals surface area contributed by atoms with Crippen molar-refractivity contribution < 1.29 is 4.74 Å². The molecular weight excluding hydrogens is 467 g/mol. The van der Waals surface area contributed by atoms with Gasteiger partial charge in [0.1, 0.15) is 11.0 Å². The number of amidine groups is 1. The number of nitrogens with one attached hydrogen (secondary N) is 2. The number of anilines is 1. The number of hydrogen-bond donors (Lipinski definition) is 3. The molecule has 1 fully saturated rings. The molecule has 4 heterocycles. The lowest BCUT2D eigenvalue weighted by atomic mass is 10.1. The Morgan fingerprint density at radius 1 is 1.41 bits per heavy atom. The van der Waals surface area contributed by atoms with Crippen LogP contribution < -0.4 is 21.6 Å². The van der Waals surface area contributed by atoms with Gasteiger partial charge in [-0.05, 0) is 18.1 Å². The Morgan fingerprint density at radius 3 is 3.00 bits per heavy atom. The number of hydrogen-bond acceptors (Lipinski definition) is 7. The molecule has 0 amide bonds. The summed E-state index contributed by atoms with van der Waals surface area (Å²) in [4.78, 5) is 15.8. The third-order valence-corrected chi connectivity index (χ3v) is 7.02.